The molecule has 1 unspecified atom stereocenters. The largest absolute Gasteiger partial charge is 0.490 e. The van der Waals surface area contributed by atoms with Gasteiger partial charge in [-0.25, -0.2) is 4.79 Å². The Balaban J connectivity index is 0.000000423. The number of amides is 1. The highest BCUT2D eigenvalue weighted by Gasteiger charge is 2.38. The maximum Gasteiger partial charge on any atom is 0.490 e. The first-order valence-corrected chi connectivity index (χ1v) is 9.30. The normalized spacial score (nSPS) is 15.5. The molecule has 1 N–H and O–H groups in total. The first-order chi connectivity index (χ1) is 14.5. The molecule has 0 aliphatic carbocycles. The number of ether oxygens (including phenoxy) is 2. The molecule has 2 aromatic rings. The second-order valence-electron chi connectivity index (χ2n) is 7.04. The van der Waals surface area contributed by atoms with E-state index >= 15 is 0 Å². The Hall–Kier alpha value is -3.08. The van der Waals surface area contributed by atoms with Gasteiger partial charge in [0.15, 0.2) is 6.61 Å². The number of hydrogen-bond acceptors (Lipinski definition) is 5. The summed E-state index contributed by atoms with van der Waals surface area (Å²) in [6, 6.07) is 7.70. The van der Waals surface area contributed by atoms with Gasteiger partial charge in [0.1, 0.15) is 5.75 Å². The molecule has 8 nitrogen and oxygen atoms in total. The number of aryl methyl sites for hydroxylation is 2. The number of carbonyl (C=O) groups is 2. The summed E-state index contributed by atoms with van der Waals surface area (Å²) in [6.07, 6.45) is -3.11. The summed E-state index contributed by atoms with van der Waals surface area (Å²) < 4.78 is 44.5. The molecule has 0 fully saturated rings. The van der Waals surface area contributed by atoms with Gasteiger partial charge >= 0.3 is 12.1 Å². The number of alkyl halides is 3. The van der Waals surface area contributed by atoms with Crippen molar-refractivity contribution in [1.82, 2.24) is 14.7 Å². The van der Waals surface area contributed by atoms with Gasteiger partial charge in [0.05, 0.1) is 12.3 Å². The highest BCUT2D eigenvalue weighted by atomic mass is 19.4. The van der Waals surface area contributed by atoms with Gasteiger partial charge in [0.25, 0.3) is 5.91 Å². The molecule has 1 amide bonds. The zero-order chi connectivity index (χ0) is 23.2. The number of nitrogens with zero attached hydrogens (tertiary/aromatic N) is 3. The van der Waals surface area contributed by atoms with Crippen molar-refractivity contribution in [2.24, 2.45) is 7.05 Å². The summed E-state index contributed by atoms with van der Waals surface area (Å²) in [7, 11) is 3.57. The Morgan fingerprint density at radius 1 is 1.26 bits per heavy atom. The van der Waals surface area contributed by atoms with Crippen LogP contribution in [0.25, 0.3) is 0 Å². The molecule has 31 heavy (non-hydrogen) atoms. The summed E-state index contributed by atoms with van der Waals surface area (Å²) in [5, 5.41) is 11.6. The molecule has 170 valence electrons. The fourth-order valence-electron chi connectivity index (χ4n) is 3.04. The van der Waals surface area contributed by atoms with Crippen LogP contribution in [-0.4, -0.2) is 64.7 Å². The SMILES string of the molecule is COCC1CN(C(=O)COc2ccc(C)cc2)Cc2cn(C)nc21.O=C(O)C(F)(F)F. The number of carbonyl (C=O) groups excluding carboxylic acids is 1. The third-order valence-electron chi connectivity index (χ3n) is 4.47. The highest BCUT2D eigenvalue weighted by molar-refractivity contribution is 5.78. The van der Waals surface area contributed by atoms with Crippen LogP contribution < -0.4 is 4.74 Å². The lowest BCUT2D eigenvalue weighted by molar-refractivity contribution is -0.192. The minimum Gasteiger partial charge on any atom is -0.484 e. The fraction of sp³-hybridized carbons (Fsp3) is 0.450. The number of carboxylic acids is 1. The molecule has 1 aliphatic rings. The summed E-state index contributed by atoms with van der Waals surface area (Å²) in [5.41, 5.74) is 3.27. The van der Waals surface area contributed by atoms with E-state index in [0.29, 0.717) is 25.4 Å². The van der Waals surface area contributed by atoms with Crippen LogP contribution in [0.1, 0.15) is 22.7 Å². The molecule has 1 atom stereocenters. The number of hydrogen-bond donors (Lipinski definition) is 1. The Morgan fingerprint density at radius 3 is 2.42 bits per heavy atom. The van der Waals surface area contributed by atoms with Crippen molar-refractivity contribution in [3.63, 3.8) is 0 Å². The van der Waals surface area contributed by atoms with E-state index < -0.39 is 12.1 Å². The standard InChI is InChI=1S/C18H23N3O3.C2HF3O2/c1-13-4-6-16(7-5-13)24-12-17(22)21-9-14-8-20(2)19-18(14)15(10-21)11-23-3;3-2(4,5)1(6)7/h4-8,15H,9-12H2,1-3H3;(H,6,7). The molecule has 0 spiro atoms. The molecule has 1 aliphatic heterocycles. The lowest BCUT2D eigenvalue weighted by atomic mass is 9.97. The van der Waals surface area contributed by atoms with Gasteiger partial charge in [-0.1, -0.05) is 17.7 Å². The van der Waals surface area contributed by atoms with Crippen LogP contribution in [0.2, 0.25) is 0 Å². The molecule has 11 heteroatoms. The predicted octanol–water partition coefficient (Wildman–Crippen LogP) is 2.51. The van der Waals surface area contributed by atoms with Crippen LogP contribution in [0, 0.1) is 6.92 Å². The monoisotopic (exact) mass is 443 g/mol. The predicted molar refractivity (Wildman–Crippen MR) is 104 cm³/mol. The van der Waals surface area contributed by atoms with Gasteiger partial charge in [0, 0.05) is 44.9 Å². The minimum atomic E-state index is -5.08. The number of fused-ring (bicyclic) bond motifs is 1. The van der Waals surface area contributed by atoms with Gasteiger partial charge in [-0.2, -0.15) is 18.3 Å². The Labute approximate surface area is 177 Å². The number of aliphatic carboxylic acids is 1. The molecule has 0 bridgehead atoms. The molecular weight excluding hydrogens is 419 g/mol. The van der Waals surface area contributed by atoms with E-state index in [2.05, 4.69) is 5.10 Å². The van der Waals surface area contributed by atoms with Gasteiger partial charge in [0.2, 0.25) is 0 Å². The van der Waals surface area contributed by atoms with E-state index in [9.17, 15) is 18.0 Å². The van der Waals surface area contributed by atoms with E-state index in [1.807, 2.05) is 49.3 Å². The van der Waals surface area contributed by atoms with Crippen LogP contribution in [0.4, 0.5) is 13.2 Å². The fourth-order valence-corrected chi connectivity index (χ4v) is 3.04. The highest BCUT2D eigenvalue weighted by Crippen LogP contribution is 2.27. The van der Waals surface area contributed by atoms with Crippen molar-refractivity contribution in [2.75, 3.05) is 26.9 Å². The van der Waals surface area contributed by atoms with Crippen LogP contribution in [0.15, 0.2) is 30.5 Å². The van der Waals surface area contributed by atoms with Crippen LogP contribution in [0.3, 0.4) is 0 Å². The molecule has 1 aromatic heterocycles. The van der Waals surface area contributed by atoms with Crippen LogP contribution in [-0.2, 0) is 27.9 Å². The molecule has 0 saturated carbocycles. The van der Waals surface area contributed by atoms with Crippen molar-refractivity contribution in [3.05, 3.63) is 47.3 Å². The summed E-state index contributed by atoms with van der Waals surface area (Å²) in [5.74, 6) is -1.97. The van der Waals surface area contributed by atoms with Crippen molar-refractivity contribution >= 4 is 11.9 Å². The Bertz CT molecular complexity index is 896. The minimum absolute atomic E-state index is 0.0221. The number of methoxy groups -OCH3 is 1. The number of rotatable bonds is 5. The zero-order valence-electron chi connectivity index (χ0n) is 17.3. The second-order valence-corrected chi connectivity index (χ2v) is 7.04. The van der Waals surface area contributed by atoms with E-state index in [-0.39, 0.29) is 18.4 Å². The van der Waals surface area contributed by atoms with Crippen molar-refractivity contribution in [3.8, 4) is 5.75 Å². The third kappa shape index (κ3) is 6.99. The van der Waals surface area contributed by atoms with E-state index in [0.717, 1.165) is 16.8 Å². The van der Waals surface area contributed by atoms with Gasteiger partial charge in [-0.3, -0.25) is 9.48 Å². The van der Waals surface area contributed by atoms with Crippen molar-refractivity contribution in [1.29, 1.82) is 0 Å². The molecule has 2 heterocycles. The number of halogens is 3. The van der Waals surface area contributed by atoms with Crippen LogP contribution in [0.5, 0.6) is 5.75 Å². The summed E-state index contributed by atoms with van der Waals surface area (Å²) in [6.45, 7) is 3.78. The third-order valence-corrected chi connectivity index (χ3v) is 4.47. The topological polar surface area (TPSA) is 93.9 Å². The van der Waals surface area contributed by atoms with Crippen LogP contribution >= 0.6 is 0 Å². The lowest BCUT2D eigenvalue weighted by Gasteiger charge is -2.31. The van der Waals surface area contributed by atoms with Gasteiger partial charge in [-0.05, 0) is 19.1 Å². The molecular formula is C20H24F3N3O5. The average molecular weight is 443 g/mol. The average Bonchev–Trinajstić information content (AvgIpc) is 3.07. The molecule has 1 aromatic carbocycles. The van der Waals surface area contributed by atoms with E-state index in [1.165, 1.54) is 0 Å². The summed E-state index contributed by atoms with van der Waals surface area (Å²) in [4.78, 5) is 23.3. The Kier molecular flexibility index (Phi) is 8.03. The molecule has 0 saturated heterocycles. The molecule has 3 rings (SSSR count). The molecule has 0 radical (unpaired) electrons. The first kappa shape index (κ1) is 24.2. The van der Waals surface area contributed by atoms with E-state index in [1.54, 1.807) is 11.8 Å². The van der Waals surface area contributed by atoms with Crippen molar-refractivity contribution < 1.29 is 37.3 Å². The zero-order valence-corrected chi connectivity index (χ0v) is 17.3. The maximum absolute atomic E-state index is 12.5. The smallest absolute Gasteiger partial charge is 0.484 e. The number of carboxylic acid groups (broad SMARTS) is 1. The number of benzene rings is 1. The van der Waals surface area contributed by atoms with Crippen molar-refractivity contribution in [2.45, 2.75) is 25.6 Å². The summed E-state index contributed by atoms with van der Waals surface area (Å²) >= 11 is 0. The lowest BCUT2D eigenvalue weighted by Crippen LogP contribution is -2.41. The van der Waals surface area contributed by atoms with Gasteiger partial charge in [-0.15, -0.1) is 0 Å². The first-order valence-electron chi connectivity index (χ1n) is 9.30. The number of aromatic nitrogens is 2. The van der Waals surface area contributed by atoms with E-state index in [4.69, 9.17) is 19.4 Å². The second kappa shape index (κ2) is 10.3. The quantitative estimate of drug-likeness (QED) is 0.763. The Morgan fingerprint density at radius 2 is 1.87 bits per heavy atom. The maximum atomic E-state index is 12.5. The van der Waals surface area contributed by atoms with Gasteiger partial charge < -0.3 is 19.5 Å².